The zero-order valence-corrected chi connectivity index (χ0v) is 13.2. The molecule has 5 heteroatoms. The lowest BCUT2D eigenvalue weighted by molar-refractivity contribution is 0.251. The SMILES string of the molecule is N#Cc1cccc(NC(=O)NCc2cccc(N3CC=CC3)c2)c1. The van der Waals surface area contributed by atoms with Crippen molar-refractivity contribution in [2.75, 3.05) is 23.3 Å². The van der Waals surface area contributed by atoms with Gasteiger partial charge in [0.25, 0.3) is 0 Å². The maximum absolute atomic E-state index is 12.0. The fourth-order valence-electron chi connectivity index (χ4n) is 2.58. The second-order valence-corrected chi connectivity index (χ2v) is 5.55. The molecule has 0 saturated carbocycles. The largest absolute Gasteiger partial charge is 0.364 e. The highest BCUT2D eigenvalue weighted by atomic mass is 16.2. The molecule has 1 heterocycles. The van der Waals surface area contributed by atoms with E-state index in [1.54, 1.807) is 24.3 Å². The van der Waals surface area contributed by atoms with Gasteiger partial charge < -0.3 is 15.5 Å². The highest BCUT2D eigenvalue weighted by Crippen LogP contribution is 2.18. The molecule has 1 aliphatic heterocycles. The summed E-state index contributed by atoms with van der Waals surface area (Å²) < 4.78 is 0. The van der Waals surface area contributed by atoms with Crippen molar-refractivity contribution in [3.05, 3.63) is 71.8 Å². The molecule has 24 heavy (non-hydrogen) atoms. The van der Waals surface area contributed by atoms with Crippen LogP contribution in [0.15, 0.2) is 60.7 Å². The van der Waals surface area contributed by atoms with Crippen molar-refractivity contribution in [3.8, 4) is 6.07 Å². The Morgan fingerprint density at radius 1 is 1.12 bits per heavy atom. The average molecular weight is 318 g/mol. The van der Waals surface area contributed by atoms with Gasteiger partial charge in [0.15, 0.2) is 0 Å². The fourth-order valence-corrected chi connectivity index (χ4v) is 2.58. The van der Waals surface area contributed by atoms with Gasteiger partial charge in [-0.15, -0.1) is 0 Å². The summed E-state index contributed by atoms with van der Waals surface area (Å²) in [6, 6.07) is 16.7. The number of carbonyl (C=O) groups excluding carboxylic acids is 1. The van der Waals surface area contributed by atoms with E-state index in [-0.39, 0.29) is 6.03 Å². The summed E-state index contributed by atoms with van der Waals surface area (Å²) >= 11 is 0. The number of hydrogen-bond acceptors (Lipinski definition) is 3. The lowest BCUT2D eigenvalue weighted by Gasteiger charge is -2.18. The third-order valence-corrected chi connectivity index (χ3v) is 3.80. The molecule has 2 aromatic carbocycles. The first-order valence-electron chi connectivity index (χ1n) is 7.78. The van der Waals surface area contributed by atoms with E-state index in [0.29, 0.717) is 17.8 Å². The number of nitrogens with one attached hydrogen (secondary N) is 2. The topological polar surface area (TPSA) is 68.2 Å². The Balaban J connectivity index is 1.56. The quantitative estimate of drug-likeness (QED) is 0.850. The van der Waals surface area contributed by atoms with Crippen molar-refractivity contribution in [3.63, 3.8) is 0 Å². The lowest BCUT2D eigenvalue weighted by atomic mass is 10.2. The molecule has 0 saturated heterocycles. The molecule has 1 aliphatic rings. The smallest absolute Gasteiger partial charge is 0.319 e. The summed E-state index contributed by atoms with van der Waals surface area (Å²) in [5, 5.41) is 14.4. The third-order valence-electron chi connectivity index (χ3n) is 3.80. The minimum atomic E-state index is -0.293. The molecule has 120 valence electrons. The molecule has 3 rings (SSSR count). The molecule has 0 atom stereocenters. The van der Waals surface area contributed by atoms with Crippen molar-refractivity contribution in [1.29, 1.82) is 5.26 Å². The number of anilines is 2. The number of nitrogens with zero attached hydrogens (tertiary/aromatic N) is 2. The van der Waals surface area contributed by atoms with Crippen LogP contribution in [-0.4, -0.2) is 19.1 Å². The van der Waals surface area contributed by atoms with E-state index in [0.717, 1.165) is 24.3 Å². The van der Waals surface area contributed by atoms with Crippen LogP contribution >= 0.6 is 0 Å². The summed E-state index contributed by atoms with van der Waals surface area (Å²) in [6.45, 7) is 2.29. The number of urea groups is 1. The van der Waals surface area contributed by atoms with E-state index in [9.17, 15) is 4.79 Å². The maximum Gasteiger partial charge on any atom is 0.319 e. The summed E-state index contributed by atoms with van der Waals surface area (Å²) in [6.07, 6.45) is 4.29. The predicted octanol–water partition coefficient (Wildman–Crippen LogP) is 3.26. The Morgan fingerprint density at radius 2 is 1.92 bits per heavy atom. The molecule has 2 aromatic rings. The summed E-state index contributed by atoms with van der Waals surface area (Å²) in [5.41, 5.74) is 3.31. The molecular formula is C19H18N4O. The molecule has 2 N–H and O–H groups in total. The molecule has 0 spiro atoms. The second kappa shape index (κ2) is 7.34. The van der Waals surface area contributed by atoms with Crippen molar-refractivity contribution >= 4 is 17.4 Å². The van der Waals surface area contributed by atoms with Gasteiger partial charge in [-0.25, -0.2) is 4.79 Å². The molecule has 5 nitrogen and oxygen atoms in total. The highest BCUT2D eigenvalue weighted by Gasteiger charge is 2.08. The fraction of sp³-hybridized carbons (Fsp3) is 0.158. The van der Waals surface area contributed by atoms with E-state index in [4.69, 9.17) is 5.26 Å². The Hall–Kier alpha value is -3.26. The average Bonchev–Trinajstić information content (AvgIpc) is 3.15. The van der Waals surface area contributed by atoms with Crippen LogP contribution in [0.3, 0.4) is 0 Å². The maximum atomic E-state index is 12.0. The number of hydrogen-bond donors (Lipinski definition) is 2. The van der Waals surface area contributed by atoms with Crippen LogP contribution in [-0.2, 0) is 6.54 Å². The van der Waals surface area contributed by atoms with Crippen molar-refractivity contribution in [2.45, 2.75) is 6.54 Å². The van der Waals surface area contributed by atoms with E-state index in [1.165, 1.54) is 0 Å². The first kappa shape index (κ1) is 15.6. The zero-order chi connectivity index (χ0) is 16.8. The summed E-state index contributed by atoms with van der Waals surface area (Å²) in [5.74, 6) is 0. The third kappa shape index (κ3) is 3.93. The number of benzene rings is 2. The number of amides is 2. The van der Waals surface area contributed by atoms with Gasteiger partial charge in [-0.05, 0) is 35.9 Å². The molecule has 2 amide bonds. The van der Waals surface area contributed by atoms with Gasteiger partial charge in [-0.2, -0.15) is 5.26 Å². The van der Waals surface area contributed by atoms with Crippen molar-refractivity contribution in [2.24, 2.45) is 0 Å². The van der Waals surface area contributed by atoms with Gasteiger partial charge >= 0.3 is 6.03 Å². The van der Waals surface area contributed by atoms with Crippen LogP contribution < -0.4 is 15.5 Å². The monoisotopic (exact) mass is 318 g/mol. The van der Waals surface area contributed by atoms with Crippen LogP contribution in [0.2, 0.25) is 0 Å². The first-order chi connectivity index (χ1) is 11.7. The molecule has 0 bridgehead atoms. The van der Waals surface area contributed by atoms with Gasteiger partial charge in [0.2, 0.25) is 0 Å². The van der Waals surface area contributed by atoms with Gasteiger partial charge in [0.05, 0.1) is 11.6 Å². The van der Waals surface area contributed by atoms with Crippen LogP contribution in [0.25, 0.3) is 0 Å². The number of nitriles is 1. The van der Waals surface area contributed by atoms with Crippen LogP contribution in [0.5, 0.6) is 0 Å². The van der Waals surface area contributed by atoms with Crippen LogP contribution in [0, 0.1) is 11.3 Å². The van der Waals surface area contributed by atoms with Crippen LogP contribution in [0.4, 0.5) is 16.2 Å². The van der Waals surface area contributed by atoms with E-state index >= 15 is 0 Å². The van der Waals surface area contributed by atoms with Crippen molar-refractivity contribution < 1.29 is 4.79 Å². The molecular weight excluding hydrogens is 300 g/mol. The van der Waals surface area contributed by atoms with Gasteiger partial charge in [-0.3, -0.25) is 0 Å². The number of rotatable bonds is 4. The number of carbonyl (C=O) groups is 1. The van der Waals surface area contributed by atoms with Gasteiger partial charge in [0.1, 0.15) is 0 Å². The molecule has 0 radical (unpaired) electrons. The second-order valence-electron chi connectivity index (χ2n) is 5.55. The minimum absolute atomic E-state index is 0.293. The summed E-state index contributed by atoms with van der Waals surface area (Å²) in [4.78, 5) is 14.3. The molecule has 0 aliphatic carbocycles. The Morgan fingerprint density at radius 3 is 2.71 bits per heavy atom. The van der Waals surface area contributed by atoms with Crippen LogP contribution in [0.1, 0.15) is 11.1 Å². The highest BCUT2D eigenvalue weighted by molar-refractivity contribution is 5.89. The predicted molar refractivity (Wildman–Crippen MR) is 94.8 cm³/mol. The summed E-state index contributed by atoms with van der Waals surface area (Å²) in [7, 11) is 0. The van der Waals surface area contributed by atoms with E-state index < -0.39 is 0 Å². The molecule has 0 fully saturated rings. The normalized spacial score (nSPS) is 12.7. The Bertz CT molecular complexity index is 799. The standard InChI is InChI=1S/C19H18N4O/c20-13-15-5-3-7-17(11-15)22-19(24)21-14-16-6-4-8-18(12-16)23-9-1-2-10-23/h1-8,11-12H,9-10,14H2,(H2,21,22,24). The minimum Gasteiger partial charge on any atom is -0.364 e. The lowest BCUT2D eigenvalue weighted by Crippen LogP contribution is -2.28. The van der Waals surface area contributed by atoms with Crippen molar-refractivity contribution in [1.82, 2.24) is 5.32 Å². The first-order valence-corrected chi connectivity index (χ1v) is 7.78. The van der Waals surface area contributed by atoms with E-state index in [2.05, 4.69) is 39.8 Å². The Labute approximate surface area is 141 Å². The van der Waals surface area contributed by atoms with E-state index in [1.807, 2.05) is 18.2 Å². The van der Waals surface area contributed by atoms with Gasteiger partial charge in [0, 0.05) is 31.0 Å². The zero-order valence-electron chi connectivity index (χ0n) is 13.2. The molecule has 0 unspecified atom stereocenters. The Kier molecular flexibility index (Phi) is 4.78. The van der Waals surface area contributed by atoms with Gasteiger partial charge in [-0.1, -0.05) is 30.4 Å². The molecule has 0 aromatic heterocycles.